The van der Waals surface area contributed by atoms with Gasteiger partial charge in [0.2, 0.25) is 5.95 Å². The third kappa shape index (κ3) is 4.73. The molecule has 0 radical (unpaired) electrons. The SMILES string of the molecule is CN1CCN(c2cccc(Nc3ncc4cccc(-c5cccc(S(C)(=O)=O)c5)c4n3)c2)CC1. The van der Waals surface area contributed by atoms with Crippen molar-refractivity contribution in [2.24, 2.45) is 0 Å². The van der Waals surface area contributed by atoms with E-state index in [1.54, 1.807) is 24.4 Å². The van der Waals surface area contributed by atoms with Crippen LogP contribution in [-0.2, 0) is 9.84 Å². The second kappa shape index (κ2) is 9.04. The van der Waals surface area contributed by atoms with E-state index >= 15 is 0 Å². The number of nitrogens with zero attached hydrogens (tertiary/aromatic N) is 4. The van der Waals surface area contributed by atoms with Crippen LogP contribution in [0.4, 0.5) is 17.3 Å². The third-order valence-electron chi connectivity index (χ3n) is 6.15. The molecule has 0 unspecified atom stereocenters. The number of piperazine rings is 1. The van der Waals surface area contributed by atoms with E-state index in [-0.39, 0.29) is 4.90 Å². The Morgan fingerprint density at radius 2 is 1.68 bits per heavy atom. The number of anilines is 3. The topological polar surface area (TPSA) is 78.4 Å². The number of hydrogen-bond donors (Lipinski definition) is 1. The fraction of sp³-hybridized carbons (Fsp3) is 0.231. The number of aromatic nitrogens is 2. The number of likely N-dealkylation sites (N-methyl/N-ethyl adjacent to an activating group) is 1. The van der Waals surface area contributed by atoms with E-state index < -0.39 is 9.84 Å². The largest absolute Gasteiger partial charge is 0.369 e. The molecule has 0 amide bonds. The molecule has 1 fully saturated rings. The summed E-state index contributed by atoms with van der Waals surface area (Å²) in [6.45, 7) is 4.11. The highest BCUT2D eigenvalue weighted by Gasteiger charge is 2.15. The maximum atomic E-state index is 12.1. The van der Waals surface area contributed by atoms with Crippen LogP contribution in [0, 0.1) is 0 Å². The van der Waals surface area contributed by atoms with Crippen molar-refractivity contribution in [1.29, 1.82) is 0 Å². The maximum Gasteiger partial charge on any atom is 0.227 e. The molecule has 1 saturated heterocycles. The Hall–Kier alpha value is -3.49. The highest BCUT2D eigenvalue weighted by atomic mass is 32.2. The van der Waals surface area contributed by atoms with Gasteiger partial charge in [0.1, 0.15) is 0 Å². The van der Waals surface area contributed by atoms with E-state index in [2.05, 4.69) is 39.3 Å². The lowest BCUT2D eigenvalue weighted by atomic mass is 10.0. The molecule has 2 heterocycles. The zero-order valence-corrected chi connectivity index (χ0v) is 20.1. The van der Waals surface area contributed by atoms with Crippen LogP contribution in [0.3, 0.4) is 0 Å². The molecule has 4 aromatic rings. The fourth-order valence-corrected chi connectivity index (χ4v) is 4.88. The Bertz CT molecular complexity index is 1450. The smallest absolute Gasteiger partial charge is 0.227 e. The van der Waals surface area contributed by atoms with Crippen molar-refractivity contribution in [1.82, 2.24) is 14.9 Å². The minimum absolute atomic E-state index is 0.287. The minimum Gasteiger partial charge on any atom is -0.369 e. The monoisotopic (exact) mass is 473 g/mol. The van der Waals surface area contributed by atoms with Crippen LogP contribution in [0.25, 0.3) is 22.0 Å². The van der Waals surface area contributed by atoms with Gasteiger partial charge in [-0.25, -0.2) is 18.4 Å². The van der Waals surface area contributed by atoms with Crippen molar-refractivity contribution >= 4 is 38.1 Å². The Labute approximate surface area is 200 Å². The summed E-state index contributed by atoms with van der Waals surface area (Å²) in [5.41, 5.74) is 4.53. The molecular weight excluding hydrogens is 446 g/mol. The van der Waals surface area contributed by atoms with Crippen molar-refractivity contribution < 1.29 is 8.42 Å². The number of benzene rings is 3. The summed E-state index contributed by atoms with van der Waals surface area (Å²) in [4.78, 5) is 14.3. The molecule has 5 rings (SSSR count). The molecule has 1 N–H and O–H groups in total. The van der Waals surface area contributed by atoms with Crippen molar-refractivity contribution in [3.63, 3.8) is 0 Å². The molecule has 174 valence electrons. The highest BCUT2D eigenvalue weighted by molar-refractivity contribution is 7.90. The molecule has 0 atom stereocenters. The summed E-state index contributed by atoms with van der Waals surface area (Å²) < 4.78 is 24.1. The highest BCUT2D eigenvalue weighted by Crippen LogP contribution is 2.30. The first-order valence-electron chi connectivity index (χ1n) is 11.2. The second-order valence-electron chi connectivity index (χ2n) is 8.70. The Balaban J connectivity index is 1.47. The van der Waals surface area contributed by atoms with Gasteiger partial charge in [-0.15, -0.1) is 0 Å². The van der Waals surface area contributed by atoms with Gasteiger partial charge in [0.15, 0.2) is 9.84 Å². The lowest BCUT2D eigenvalue weighted by Gasteiger charge is -2.34. The third-order valence-corrected chi connectivity index (χ3v) is 7.27. The van der Waals surface area contributed by atoms with Gasteiger partial charge in [0, 0.05) is 61.0 Å². The van der Waals surface area contributed by atoms with Gasteiger partial charge < -0.3 is 15.1 Å². The molecule has 34 heavy (non-hydrogen) atoms. The first-order chi connectivity index (χ1) is 16.4. The van der Waals surface area contributed by atoms with Crippen LogP contribution in [0.1, 0.15) is 0 Å². The molecule has 0 saturated carbocycles. The van der Waals surface area contributed by atoms with Crippen LogP contribution in [0.2, 0.25) is 0 Å². The van der Waals surface area contributed by atoms with Crippen LogP contribution in [-0.4, -0.2) is 62.8 Å². The van der Waals surface area contributed by atoms with Crippen molar-refractivity contribution in [3.8, 4) is 11.1 Å². The minimum atomic E-state index is -3.30. The standard InChI is InChI=1S/C26H27N5O2S/c1-30-12-14-31(15-13-30)22-9-5-8-21(17-22)28-26-27-18-20-7-4-11-24(25(20)29-26)19-6-3-10-23(16-19)34(2,32)33/h3-11,16-18H,12-15H2,1-2H3,(H,27,28,29). The lowest BCUT2D eigenvalue weighted by molar-refractivity contribution is 0.313. The van der Waals surface area contributed by atoms with E-state index in [9.17, 15) is 8.42 Å². The number of para-hydroxylation sites is 1. The van der Waals surface area contributed by atoms with Crippen molar-refractivity contribution in [2.45, 2.75) is 4.90 Å². The summed E-state index contributed by atoms with van der Waals surface area (Å²) >= 11 is 0. The number of rotatable bonds is 5. The van der Waals surface area contributed by atoms with Gasteiger partial charge in [-0.05, 0) is 42.9 Å². The van der Waals surface area contributed by atoms with Gasteiger partial charge >= 0.3 is 0 Å². The summed E-state index contributed by atoms with van der Waals surface area (Å²) in [5.74, 6) is 0.495. The number of fused-ring (bicyclic) bond motifs is 1. The predicted molar refractivity (Wildman–Crippen MR) is 138 cm³/mol. The lowest BCUT2D eigenvalue weighted by Crippen LogP contribution is -2.44. The molecule has 1 aliphatic heterocycles. The average Bonchev–Trinajstić information content (AvgIpc) is 2.84. The van der Waals surface area contributed by atoms with Gasteiger partial charge in [-0.1, -0.05) is 36.4 Å². The fourth-order valence-electron chi connectivity index (χ4n) is 4.22. The van der Waals surface area contributed by atoms with Gasteiger partial charge in [0.25, 0.3) is 0 Å². The number of nitrogens with one attached hydrogen (secondary N) is 1. The molecular formula is C26H27N5O2S. The Morgan fingerprint density at radius 3 is 2.47 bits per heavy atom. The van der Waals surface area contributed by atoms with E-state index in [0.29, 0.717) is 5.95 Å². The van der Waals surface area contributed by atoms with E-state index in [0.717, 1.165) is 53.9 Å². The van der Waals surface area contributed by atoms with Crippen LogP contribution in [0.5, 0.6) is 0 Å². The summed E-state index contributed by atoms with van der Waals surface area (Å²) in [5, 5.41) is 4.23. The first-order valence-corrected chi connectivity index (χ1v) is 13.1. The molecule has 0 spiro atoms. The first kappa shape index (κ1) is 22.3. The summed E-state index contributed by atoms with van der Waals surface area (Å²) in [7, 11) is -1.15. The predicted octanol–water partition coefficient (Wildman–Crippen LogP) is 4.20. The quantitative estimate of drug-likeness (QED) is 0.465. The molecule has 8 heteroatoms. The van der Waals surface area contributed by atoms with Crippen molar-refractivity contribution in [3.05, 3.63) is 72.9 Å². The molecule has 3 aromatic carbocycles. The van der Waals surface area contributed by atoms with E-state index in [4.69, 9.17) is 4.98 Å². The molecule has 1 aromatic heterocycles. The summed E-state index contributed by atoms with van der Waals surface area (Å²) in [6.07, 6.45) is 3.01. The normalized spacial score (nSPS) is 14.9. The van der Waals surface area contributed by atoms with Crippen LogP contribution in [0.15, 0.2) is 77.8 Å². The van der Waals surface area contributed by atoms with Gasteiger partial charge in [-0.3, -0.25) is 0 Å². The molecule has 1 aliphatic rings. The number of sulfone groups is 1. The summed E-state index contributed by atoms with van der Waals surface area (Å²) in [6, 6.07) is 21.1. The zero-order valence-electron chi connectivity index (χ0n) is 19.3. The second-order valence-corrected chi connectivity index (χ2v) is 10.7. The zero-order chi connectivity index (χ0) is 23.7. The molecule has 0 aliphatic carbocycles. The van der Waals surface area contributed by atoms with Crippen molar-refractivity contribution in [2.75, 3.05) is 49.7 Å². The van der Waals surface area contributed by atoms with Crippen LogP contribution >= 0.6 is 0 Å². The number of hydrogen-bond acceptors (Lipinski definition) is 7. The van der Waals surface area contributed by atoms with Gasteiger partial charge in [-0.2, -0.15) is 0 Å². The average molecular weight is 474 g/mol. The van der Waals surface area contributed by atoms with Gasteiger partial charge in [0.05, 0.1) is 10.4 Å². The van der Waals surface area contributed by atoms with Crippen LogP contribution < -0.4 is 10.2 Å². The molecule has 7 nitrogen and oxygen atoms in total. The maximum absolute atomic E-state index is 12.1. The van der Waals surface area contributed by atoms with E-state index in [1.807, 2.05) is 36.4 Å². The Morgan fingerprint density at radius 1 is 0.912 bits per heavy atom. The Kier molecular flexibility index (Phi) is 5.93. The molecule has 0 bridgehead atoms. The van der Waals surface area contributed by atoms with E-state index in [1.165, 1.54) is 11.9 Å².